The van der Waals surface area contributed by atoms with E-state index < -0.39 is 10.0 Å². The first kappa shape index (κ1) is 21.5. The van der Waals surface area contributed by atoms with Crippen molar-refractivity contribution in [3.8, 4) is 11.1 Å². The third kappa shape index (κ3) is 5.67. The molecule has 0 bridgehead atoms. The zero-order chi connectivity index (χ0) is 21.0. The van der Waals surface area contributed by atoms with E-state index in [1.54, 1.807) is 12.4 Å². The van der Waals surface area contributed by atoms with Gasteiger partial charge in [0.25, 0.3) is 0 Å². The topological polar surface area (TPSA) is 64.0 Å². The van der Waals surface area contributed by atoms with Crippen LogP contribution < -0.4 is 4.72 Å². The summed E-state index contributed by atoms with van der Waals surface area (Å²) in [5.41, 5.74) is 4.66. The first-order valence-electron chi connectivity index (χ1n) is 10.2. The lowest BCUT2D eigenvalue weighted by atomic mass is 10.0. The number of benzene rings is 1. The van der Waals surface area contributed by atoms with Crippen LogP contribution in [0.5, 0.6) is 0 Å². The van der Waals surface area contributed by atoms with Gasteiger partial charge in [0.2, 0.25) is 10.0 Å². The van der Waals surface area contributed by atoms with Crippen molar-refractivity contribution in [2.45, 2.75) is 40.7 Å². The van der Waals surface area contributed by atoms with Crippen LogP contribution in [-0.2, 0) is 23.0 Å². The fourth-order valence-corrected chi connectivity index (χ4v) is 5.08. The van der Waals surface area contributed by atoms with Crippen molar-refractivity contribution in [1.29, 1.82) is 0 Å². The molecule has 0 unspecified atom stereocenters. The van der Waals surface area contributed by atoms with Gasteiger partial charge >= 0.3 is 0 Å². The van der Waals surface area contributed by atoms with Crippen LogP contribution in [-0.4, -0.2) is 30.3 Å². The molecule has 1 aromatic carbocycles. The van der Waals surface area contributed by atoms with Gasteiger partial charge in [-0.25, -0.2) is 13.1 Å². The predicted octanol–water partition coefficient (Wildman–Crippen LogP) is 4.48. The van der Waals surface area contributed by atoms with Gasteiger partial charge in [-0.3, -0.25) is 4.98 Å². The molecular weight excluding hydrogens is 382 g/mol. The molecule has 6 heteroatoms. The van der Waals surface area contributed by atoms with Gasteiger partial charge in [-0.1, -0.05) is 39.8 Å². The van der Waals surface area contributed by atoms with Gasteiger partial charge in [-0.2, -0.15) is 0 Å². The monoisotopic (exact) mass is 413 g/mol. The van der Waals surface area contributed by atoms with Crippen LogP contribution in [0.15, 0.2) is 48.9 Å². The van der Waals surface area contributed by atoms with E-state index in [4.69, 9.17) is 0 Å². The summed E-state index contributed by atoms with van der Waals surface area (Å²) in [4.78, 5) is 4.10. The van der Waals surface area contributed by atoms with Crippen LogP contribution >= 0.6 is 0 Å². The van der Waals surface area contributed by atoms with E-state index in [0.29, 0.717) is 18.9 Å². The van der Waals surface area contributed by atoms with E-state index in [2.05, 4.69) is 52.5 Å². The van der Waals surface area contributed by atoms with Gasteiger partial charge < -0.3 is 4.57 Å². The Balaban J connectivity index is 1.88. The molecule has 2 aromatic heterocycles. The molecule has 0 aliphatic carbocycles. The largest absolute Gasteiger partial charge is 0.347 e. The highest BCUT2D eigenvalue weighted by Gasteiger charge is 2.14. The fraction of sp³-hybridized carbons (Fsp3) is 0.435. The lowest BCUT2D eigenvalue weighted by Crippen LogP contribution is -2.30. The minimum atomic E-state index is -3.22. The maximum absolute atomic E-state index is 12.1. The molecule has 0 saturated carbocycles. The third-order valence-corrected chi connectivity index (χ3v) is 6.56. The number of rotatable bonds is 9. The van der Waals surface area contributed by atoms with Crippen molar-refractivity contribution in [3.63, 3.8) is 0 Å². The highest BCUT2D eigenvalue weighted by Crippen LogP contribution is 2.28. The molecule has 29 heavy (non-hydrogen) atoms. The Kier molecular flexibility index (Phi) is 6.75. The van der Waals surface area contributed by atoms with Crippen molar-refractivity contribution in [3.05, 3.63) is 54.5 Å². The Bertz CT molecular complexity index is 1050. The molecule has 1 N–H and O–H groups in total. The standard InChI is InChI=1S/C23H31N3O2S/c1-17(2)14-26-15-21(9-12-25-29(27,28)16-18(3)4)22-6-5-20(13-23(22)26)19-7-10-24-11-8-19/h5-8,10-11,13,15,17-18,25H,9,12,14,16H2,1-4H3. The molecule has 0 radical (unpaired) electrons. The van der Waals surface area contributed by atoms with Gasteiger partial charge in [-0.05, 0) is 53.1 Å². The number of pyridine rings is 1. The van der Waals surface area contributed by atoms with Crippen LogP contribution in [0.2, 0.25) is 0 Å². The average Bonchev–Trinajstić information content (AvgIpc) is 2.97. The van der Waals surface area contributed by atoms with Crippen molar-refractivity contribution < 1.29 is 8.42 Å². The van der Waals surface area contributed by atoms with Crippen LogP contribution in [0.1, 0.15) is 33.3 Å². The van der Waals surface area contributed by atoms with Crippen LogP contribution in [0.3, 0.4) is 0 Å². The Morgan fingerprint density at radius 2 is 1.72 bits per heavy atom. The minimum Gasteiger partial charge on any atom is -0.347 e. The predicted molar refractivity (Wildman–Crippen MR) is 120 cm³/mol. The summed E-state index contributed by atoms with van der Waals surface area (Å²) < 4.78 is 29.3. The van der Waals surface area contributed by atoms with Crippen molar-refractivity contribution in [1.82, 2.24) is 14.3 Å². The highest BCUT2D eigenvalue weighted by atomic mass is 32.2. The molecular formula is C23H31N3O2S. The van der Waals surface area contributed by atoms with Gasteiger partial charge in [-0.15, -0.1) is 0 Å². The molecule has 156 valence electrons. The molecule has 0 aliphatic heterocycles. The maximum Gasteiger partial charge on any atom is 0.211 e. The number of hydrogen-bond donors (Lipinski definition) is 1. The normalized spacial score (nSPS) is 12.3. The van der Waals surface area contributed by atoms with Crippen molar-refractivity contribution in [2.24, 2.45) is 11.8 Å². The minimum absolute atomic E-state index is 0.118. The number of fused-ring (bicyclic) bond motifs is 1. The lowest BCUT2D eigenvalue weighted by molar-refractivity contribution is 0.534. The molecule has 0 aliphatic rings. The van der Waals surface area contributed by atoms with E-state index in [-0.39, 0.29) is 11.7 Å². The zero-order valence-electron chi connectivity index (χ0n) is 17.7. The molecule has 3 aromatic rings. The molecule has 0 atom stereocenters. The molecule has 5 nitrogen and oxygen atoms in total. The van der Waals surface area contributed by atoms with E-state index in [1.165, 1.54) is 16.5 Å². The SMILES string of the molecule is CC(C)Cn1cc(CCNS(=O)(=O)CC(C)C)c2ccc(-c3ccncc3)cc21. The summed E-state index contributed by atoms with van der Waals surface area (Å²) in [6, 6.07) is 10.5. The first-order chi connectivity index (χ1) is 13.7. The zero-order valence-corrected chi connectivity index (χ0v) is 18.5. The second kappa shape index (κ2) is 9.09. The summed E-state index contributed by atoms with van der Waals surface area (Å²) >= 11 is 0. The molecule has 3 rings (SSSR count). The summed E-state index contributed by atoms with van der Waals surface area (Å²) in [5, 5.41) is 1.19. The van der Waals surface area contributed by atoms with Crippen LogP contribution in [0, 0.1) is 11.8 Å². The van der Waals surface area contributed by atoms with Gasteiger partial charge in [0.05, 0.1) is 5.75 Å². The number of nitrogens with one attached hydrogen (secondary N) is 1. The van der Waals surface area contributed by atoms with E-state index in [9.17, 15) is 8.42 Å². The molecule has 0 amide bonds. The van der Waals surface area contributed by atoms with Gasteiger partial charge in [0.15, 0.2) is 0 Å². The van der Waals surface area contributed by atoms with Crippen LogP contribution in [0.25, 0.3) is 22.0 Å². The quantitative estimate of drug-likeness (QED) is 0.563. The van der Waals surface area contributed by atoms with Crippen molar-refractivity contribution >= 4 is 20.9 Å². The second-order valence-electron chi connectivity index (χ2n) is 8.49. The van der Waals surface area contributed by atoms with E-state index >= 15 is 0 Å². The third-order valence-electron chi connectivity index (χ3n) is 4.81. The summed E-state index contributed by atoms with van der Waals surface area (Å²) in [6.07, 6.45) is 6.47. The number of sulfonamides is 1. The molecule has 0 spiro atoms. The van der Waals surface area contributed by atoms with Gasteiger partial charge in [0.1, 0.15) is 0 Å². The smallest absolute Gasteiger partial charge is 0.211 e. The Morgan fingerprint density at radius 3 is 2.38 bits per heavy atom. The first-order valence-corrected chi connectivity index (χ1v) is 11.9. The van der Waals surface area contributed by atoms with E-state index in [1.807, 2.05) is 26.0 Å². The molecule has 0 fully saturated rings. The summed E-state index contributed by atoms with van der Waals surface area (Å²) in [5.74, 6) is 0.803. The Hall–Kier alpha value is -2.18. The number of nitrogens with zero attached hydrogens (tertiary/aromatic N) is 2. The lowest BCUT2D eigenvalue weighted by Gasteiger charge is -2.09. The maximum atomic E-state index is 12.1. The Morgan fingerprint density at radius 1 is 1.00 bits per heavy atom. The molecule has 0 saturated heterocycles. The van der Waals surface area contributed by atoms with Crippen LogP contribution in [0.4, 0.5) is 0 Å². The fourth-order valence-electron chi connectivity index (χ4n) is 3.67. The molecule has 2 heterocycles. The van der Waals surface area contributed by atoms with E-state index in [0.717, 1.165) is 17.7 Å². The van der Waals surface area contributed by atoms with Crippen molar-refractivity contribution in [2.75, 3.05) is 12.3 Å². The summed E-state index contributed by atoms with van der Waals surface area (Å²) in [7, 11) is -3.22. The number of hydrogen-bond acceptors (Lipinski definition) is 3. The Labute approximate surface area is 174 Å². The number of aromatic nitrogens is 2. The van der Waals surface area contributed by atoms with Gasteiger partial charge in [0, 0.05) is 42.6 Å². The average molecular weight is 414 g/mol. The second-order valence-corrected chi connectivity index (χ2v) is 10.3. The highest BCUT2D eigenvalue weighted by molar-refractivity contribution is 7.89. The summed E-state index contributed by atoms with van der Waals surface area (Å²) in [6.45, 7) is 9.59.